The quantitative estimate of drug-likeness (QED) is 0.831. The SMILES string of the molecule is CCOc1ccc(OCC)c(NC(=O)c2ccc3c(c2)CCC(=O)N3)c1. The molecule has 3 rings (SSSR count). The number of aryl methyl sites for hydroxylation is 1. The molecule has 2 amide bonds. The van der Waals surface area contributed by atoms with E-state index in [-0.39, 0.29) is 11.8 Å². The maximum absolute atomic E-state index is 12.7. The fourth-order valence-electron chi connectivity index (χ4n) is 2.86. The Morgan fingerprint density at radius 3 is 2.65 bits per heavy atom. The number of carbonyl (C=O) groups is 2. The summed E-state index contributed by atoms with van der Waals surface area (Å²) >= 11 is 0. The van der Waals surface area contributed by atoms with Crippen LogP contribution in [0.1, 0.15) is 36.2 Å². The van der Waals surface area contributed by atoms with Crippen LogP contribution in [0.25, 0.3) is 0 Å². The Morgan fingerprint density at radius 1 is 1.08 bits per heavy atom. The number of hydrogen-bond acceptors (Lipinski definition) is 4. The van der Waals surface area contributed by atoms with Crippen LogP contribution in [0, 0.1) is 0 Å². The van der Waals surface area contributed by atoms with E-state index in [2.05, 4.69) is 10.6 Å². The lowest BCUT2D eigenvalue weighted by atomic mass is 10.00. The second-order valence-electron chi connectivity index (χ2n) is 5.90. The molecule has 0 unspecified atom stereocenters. The van der Waals surface area contributed by atoms with E-state index >= 15 is 0 Å². The minimum absolute atomic E-state index is 0.00352. The molecule has 0 bridgehead atoms. The van der Waals surface area contributed by atoms with Gasteiger partial charge in [-0.25, -0.2) is 0 Å². The molecule has 6 nitrogen and oxygen atoms in total. The summed E-state index contributed by atoms with van der Waals surface area (Å²) in [6.45, 7) is 4.83. The van der Waals surface area contributed by atoms with Crippen molar-refractivity contribution >= 4 is 23.2 Å². The van der Waals surface area contributed by atoms with Crippen molar-refractivity contribution in [1.82, 2.24) is 0 Å². The number of carbonyl (C=O) groups excluding carboxylic acids is 2. The molecule has 2 aromatic carbocycles. The summed E-state index contributed by atoms with van der Waals surface area (Å²) in [5.74, 6) is 1.03. The molecule has 2 aromatic rings. The fraction of sp³-hybridized carbons (Fsp3) is 0.300. The zero-order chi connectivity index (χ0) is 18.5. The first-order valence-corrected chi connectivity index (χ1v) is 8.74. The summed E-state index contributed by atoms with van der Waals surface area (Å²) < 4.78 is 11.1. The van der Waals surface area contributed by atoms with Crippen molar-refractivity contribution in [2.24, 2.45) is 0 Å². The predicted octanol–water partition coefficient (Wildman–Crippen LogP) is 3.62. The molecule has 0 saturated carbocycles. The summed E-state index contributed by atoms with van der Waals surface area (Å²) in [5.41, 5.74) is 2.83. The van der Waals surface area contributed by atoms with Crippen molar-refractivity contribution in [1.29, 1.82) is 0 Å². The van der Waals surface area contributed by atoms with Crippen LogP contribution in [0.2, 0.25) is 0 Å². The number of anilines is 2. The van der Waals surface area contributed by atoms with E-state index < -0.39 is 0 Å². The van der Waals surface area contributed by atoms with Crippen molar-refractivity contribution < 1.29 is 19.1 Å². The van der Waals surface area contributed by atoms with Gasteiger partial charge in [0.15, 0.2) is 0 Å². The van der Waals surface area contributed by atoms with Crippen molar-refractivity contribution in [3.63, 3.8) is 0 Å². The van der Waals surface area contributed by atoms with E-state index in [4.69, 9.17) is 9.47 Å². The van der Waals surface area contributed by atoms with Crippen LogP contribution in [0.15, 0.2) is 36.4 Å². The Labute approximate surface area is 152 Å². The predicted molar refractivity (Wildman–Crippen MR) is 100 cm³/mol. The molecule has 0 saturated heterocycles. The van der Waals surface area contributed by atoms with Gasteiger partial charge in [-0.05, 0) is 56.2 Å². The van der Waals surface area contributed by atoms with Gasteiger partial charge >= 0.3 is 0 Å². The molecular weight excluding hydrogens is 332 g/mol. The number of nitrogens with one attached hydrogen (secondary N) is 2. The first kappa shape index (κ1) is 17.8. The van der Waals surface area contributed by atoms with Gasteiger partial charge in [0, 0.05) is 23.7 Å². The standard InChI is InChI=1S/C20H22N2O4/c1-3-25-15-7-9-18(26-4-2)17(12-15)22-20(24)14-5-8-16-13(11-14)6-10-19(23)21-16/h5,7-9,11-12H,3-4,6,10H2,1-2H3,(H,21,23)(H,22,24). The van der Waals surface area contributed by atoms with Crippen LogP contribution >= 0.6 is 0 Å². The van der Waals surface area contributed by atoms with Gasteiger partial charge in [0.25, 0.3) is 5.91 Å². The van der Waals surface area contributed by atoms with E-state index in [0.717, 1.165) is 11.3 Å². The van der Waals surface area contributed by atoms with Crippen LogP contribution in [0.5, 0.6) is 11.5 Å². The average Bonchev–Trinajstić information content (AvgIpc) is 2.63. The second-order valence-corrected chi connectivity index (χ2v) is 5.90. The molecule has 0 aromatic heterocycles. The van der Waals surface area contributed by atoms with Gasteiger partial charge in [-0.1, -0.05) is 0 Å². The van der Waals surface area contributed by atoms with Crippen molar-refractivity contribution in [2.45, 2.75) is 26.7 Å². The minimum Gasteiger partial charge on any atom is -0.494 e. The fourth-order valence-corrected chi connectivity index (χ4v) is 2.86. The lowest BCUT2D eigenvalue weighted by Crippen LogP contribution is -2.20. The highest BCUT2D eigenvalue weighted by Crippen LogP contribution is 2.30. The molecule has 136 valence electrons. The van der Waals surface area contributed by atoms with Gasteiger partial charge in [-0.2, -0.15) is 0 Å². The molecule has 0 spiro atoms. The lowest BCUT2D eigenvalue weighted by molar-refractivity contribution is -0.116. The Bertz CT molecular complexity index is 833. The Hall–Kier alpha value is -3.02. The van der Waals surface area contributed by atoms with Gasteiger partial charge in [0.1, 0.15) is 11.5 Å². The summed E-state index contributed by atoms with van der Waals surface area (Å²) in [7, 11) is 0. The van der Waals surface area contributed by atoms with E-state index in [1.54, 1.807) is 24.3 Å². The number of hydrogen-bond donors (Lipinski definition) is 2. The van der Waals surface area contributed by atoms with Crippen LogP contribution in [0.4, 0.5) is 11.4 Å². The molecule has 0 fully saturated rings. The maximum atomic E-state index is 12.7. The minimum atomic E-state index is -0.237. The maximum Gasteiger partial charge on any atom is 0.255 e. The first-order valence-electron chi connectivity index (χ1n) is 8.74. The first-order chi connectivity index (χ1) is 12.6. The normalized spacial score (nSPS) is 12.8. The van der Waals surface area contributed by atoms with Crippen molar-refractivity contribution in [2.75, 3.05) is 23.8 Å². The van der Waals surface area contributed by atoms with Crippen molar-refractivity contribution in [3.05, 3.63) is 47.5 Å². The Kier molecular flexibility index (Phi) is 5.41. The largest absolute Gasteiger partial charge is 0.494 e. The molecule has 0 atom stereocenters. The Balaban J connectivity index is 1.83. The average molecular weight is 354 g/mol. The highest BCUT2D eigenvalue weighted by molar-refractivity contribution is 6.06. The van der Waals surface area contributed by atoms with Gasteiger partial charge in [0.05, 0.1) is 18.9 Å². The van der Waals surface area contributed by atoms with Crippen LogP contribution < -0.4 is 20.1 Å². The van der Waals surface area contributed by atoms with E-state index in [0.29, 0.717) is 48.8 Å². The molecule has 26 heavy (non-hydrogen) atoms. The number of rotatable bonds is 6. The third kappa shape index (κ3) is 3.96. The highest BCUT2D eigenvalue weighted by atomic mass is 16.5. The second kappa shape index (κ2) is 7.91. The monoisotopic (exact) mass is 354 g/mol. The van der Waals surface area contributed by atoms with E-state index in [9.17, 15) is 9.59 Å². The number of benzene rings is 2. The van der Waals surface area contributed by atoms with Gasteiger partial charge < -0.3 is 20.1 Å². The van der Waals surface area contributed by atoms with Gasteiger partial charge in [-0.3, -0.25) is 9.59 Å². The van der Waals surface area contributed by atoms with Crippen LogP contribution in [-0.4, -0.2) is 25.0 Å². The van der Waals surface area contributed by atoms with Gasteiger partial charge in [0.2, 0.25) is 5.91 Å². The third-order valence-electron chi connectivity index (χ3n) is 4.07. The third-order valence-corrected chi connectivity index (χ3v) is 4.07. The topological polar surface area (TPSA) is 76.7 Å². The molecule has 6 heteroatoms. The lowest BCUT2D eigenvalue weighted by Gasteiger charge is -2.18. The molecular formula is C20H22N2O4. The summed E-state index contributed by atoms with van der Waals surface area (Å²) in [5, 5.41) is 5.71. The zero-order valence-electron chi connectivity index (χ0n) is 14.9. The summed E-state index contributed by atoms with van der Waals surface area (Å²) in [6.07, 6.45) is 1.06. The highest BCUT2D eigenvalue weighted by Gasteiger charge is 2.17. The molecule has 0 aliphatic carbocycles. The molecule has 2 N–H and O–H groups in total. The number of amides is 2. The molecule has 1 heterocycles. The Morgan fingerprint density at radius 2 is 1.88 bits per heavy atom. The number of fused-ring (bicyclic) bond motifs is 1. The number of ether oxygens (including phenoxy) is 2. The molecule has 1 aliphatic rings. The summed E-state index contributed by atoms with van der Waals surface area (Å²) in [4.78, 5) is 24.1. The van der Waals surface area contributed by atoms with Crippen LogP contribution in [0.3, 0.4) is 0 Å². The van der Waals surface area contributed by atoms with E-state index in [1.165, 1.54) is 0 Å². The summed E-state index contributed by atoms with van der Waals surface area (Å²) in [6, 6.07) is 10.6. The van der Waals surface area contributed by atoms with Crippen LogP contribution in [-0.2, 0) is 11.2 Å². The van der Waals surface area contributed by atoms with Crippen molar-refractivity contribution in [3.8, 4) is 11.5 Å². The smallest absolute Gasteiger partial charge is 0.255 e. The van der Waals surface area contributed by atoms with E-state index in [1.807, 2.05) is 26.0 Å². The molecule has 0 radical (unpaired) electrons. The van der Waals surface area contributed by atoms with Gasteiger partial charge in [-0.15, -0.1) is 0 Å². The molecule has 1 aliphatic heterocycles. The zero-order valence-corrected chi connectivity index (χ0v) is 14.9.